The molecule has 2 aliphatic rings. The van der Waals surface area contributed by atoms with Gasteiger partial charge in [0.05, 0.1) is 0 Å². The van der Waals surface area contributed by atoms with Crippen molar-refractivity contribution in [3.63, 3.8) is 0 Å². The van der Waals surface area contributed by atoms with Crippen molar-refractivity contribution in [2.75, 3.05) is 28.2 Å². The van der Waals surface area contributed by atoms with Crippen LogP contribution < -0.4 is 0 Å². The van der Waals surface area contributed by atoms with Crippen molar-refractivity contribution >= 4 is 23.5 Å². The number of carbonyl (C=O) groups excluding carboxylic acids is 2. The standard InChI is InChI=1S/C19H22N10O7/c1-8-6-10(24-35-8)20-22-12-15(30)26(2)14(27(3)16(12)31)9-7-11(25-36-9)21-23-13-17(32)28(4)19(34)29(5)18(13)33/h6-7,14,19,30,32,34H,1-5H3. The molecule has 0 radical (unpaired) electrons. The fraction of sp³-hybridized carbons (Fsp3) is 0.368. The molecule has 0 bridgehead atoms. The number of azo groups is 2. The summed E-state index contributed by atoms with van der Waals surface area (Å²) in [5.74, 6) is -1.82. The largest absolute Gasteiger partial charge is 0.493 e. The Bertz CT molecular complexity index is 1330. The number of likely N-dealkylation sites (N-methyl/N-ethyl adjacent to an activating group) is 2. The van der Waals surface area contributed by atoms with Gasteiger partial charge in [-0.05, 0) is 6.92 Å². The molecule has 0 saturated heterocycles. The van der Waals surface area contributed by atoms with Gasteiger partial charge < -0.3 is 39.1 Å². The number of aliphatic hydroxyl groups is 3. The summed E-state index contributed by atoms with van der Waals surface area (Å²) in [6.45, 7) is 1.67. The molecular formula is C19H22N10O7. The van der Waals surface area contributed by atoms with Gasteiger partial charge >= 0.3 is 0 Å². The van der Waals surface area contributed by atoms with E-state index in [0.29, 0.717) is 5.76 Å². The number of nitrogens with zero attached hydrogens (tertiary/aromatic N) is 10. The van der Waals surface area contributed by atoms with Crippen LogP contribution in [0, 0.1) is 6.92 Å². The molecule has 2 amide bonds. The summed E-state index contributed by atoms with van der Waals surface area (Å²) in [4.78, 5) is 29.7. The molecule has 2 aromatic heterocycles. The van der Waals surface area contributed by atoms with Gasteiger partial charge in [0.1, 0.15) is 5.76 Å². The minimum atomic E-state index is -1.37. The van der Waals surface area contributed by atoms with E-state index in [1.807, 2.05) is 0 Å². The zero-order valence-corrected chi connectivity index (χ0v) is 19.8. The number of aromatic nitrogens is 2. The van der Waals surface area contributed by atoms with E-state index in [2.05, 4.69) is 30.8 Å². The Hall–Kier alpha value is -4.80. The van der Waals surface area contributed by atoms with E-state index in [0.717, 1.165) is 9.80 Å². The van der Waals surface area contributed by atoms with Crippen LogP contribution in [0.3, 0.4) is 0 Å². The molecule has 4 rings (SSSR count). The lowest BCUT2D eigenvalue weighted by Gasteiger charge is -2.37. The SMILES string of the molecule is Cc1cc(N=NC2=C(O)N(C)C(c3cc(N=NC4=C(O)N(C)C(O)N(C)C4=O)no3)N(C)C2=O)no1. The Morgan fingerprint density at radius 1 is 0.778 bits per heavy atom. The van der Waals surface area contributed by atoms with Crippen LogP contribution in [0.2, 0.25) is 0 Å². The summed E-state index contributed by atoms with van der Waals surface area (Å²) in [6.07, 6.45) is -2.30. The van der Waals surface area contributed by atoms with E-state index in [1.165, 1.54) is 50.1 Å². The Balaban J connectivity index is 1.57. The lowest BCUT2D eigenvalue weighted by Crippen LogP contribution is -2.51. The number of carbonyl (C=O) groups is 2. The maximum Gasteiger partial charge on any atom is 0.283 e. The summed E-state index contributed by atoms with van der Waals surface area (Å²) >= 11 is 0. The van der Waals surface area contributed by atoms with Gasteiger partial charge in [-0.25, -0.2) is 0 Å². The monoisotopic (exact) mass is 502 g/mol. The van der Waals surface area contributed by atoms with Crippen LogP contribution in [0.5, 0.6) is 0 Å². The highest BCUT2D eigenvalue weighted by Gasteiger charge is 2.40. The maximum absolute atomic E-state index is 12.9. The first-order chi connectivity index (χ1) is 17.0. The molecule has 0 aliphatic carbocycles. The van der Waals surface area contributed by atoms with Crippen LogP contribution in [0.4, 0.5) is 11.6 Å². The Labute approximate surface area is 202 Å². The van der Waals surface area contributed by atoms with Gasteiger partial charge in [0.2, 0.25) is 41.1 Å². The molecule has 2 aliphatic heterocycles. The molecule has 0 spiro atoms. The fourth-order valence-corrected chi connectivity index (χ4v) is 3.43. The Kier molecular flexibility index (Phi) is 6.15. The van der Waals surface area contributed by atoms with Crippen LogP contribution in [-0.4, -0.2) is 91.6 Å². The Morgan fingerprint density at radius 3 is 1.89 bits per heavy atom. The second kappa shape index (κ2) is 9.10. The minimum Gasteiger partial charge on any atom is -0.493 e. The van der Waals surface area contributed by atoms with Gasteiger partial charge in [-0.2, -0.15) is 0 Å². The zero-order chi connectivity index (χ0) is 26.3. The van der Waals surface area contributed by atoms with Gasteiger partial charge in [0, 0.05) is 40.3 Å². The molecule has 0 aromatic carbocycles. The molecule has 2 atom stereocenters. The molecule has 2 unspecified atom stereocenters. The van der Waals surface area contributed by atoms with E-state index in [1.54, 1.807) is 6.92 Å². The van der Waals surface area contributed by atoms with Crippen molar-refractivity contribution in [1.82, 2.24) is 29.9 Å². The van der Waals surface area contributed by atoms with E-state index >= 15 is 0 Å². The molecule has 0 saturated carbocycles. The van der Waals surface area contributed by atoms with Crippen molar-refractivity contribution < 1.29 is 34.0 Å². The molecule has 2 aromatic rings. The average molecular weight is 502 g/mol. The van der Waals surface area contributed by atoms with Crippen LogP contribution in [-0.2, 0) is 9.59 Å². The quantitative estimate of drug-likeness (QED) is 0.497. The lowest BCUT2D eigenvalue weighted by atomic mass is 10.2. The second-order valence-corrected chi connectivity index (χ2v) is 7.90. The number of aliphatic hydroxyl groups excluding tert-OH is 3. The van der Waals surface area contributed by atoms with Gasteiger partial charge in [-0.15, -0.1) is 20.5 Å². The Morgan fingerprint density at radius 2 is 1.31 bits per heavy atom. The molecule has 17 heteroatoms. The van der Waals surface area contributed by atoms with E-state index < -0.39 is 41.8 Å². The van der Waals surface area contributed by atoms with Gasteiger partial charge in [0.25, 0.3) is 11.8 Å². The van der Waals surface area contributed by atoms with Crippen LogP contribution in [0.1, 0.15) is 17.7 Å². The summed E-state index contributed by atoms with van der Waals surface area (Å²) in [7, 11) is 5.63. The first-order valence-electron chi connectivity index (χ1n) is 10.3. The first-order valence-corrected chi connectivity index (χ1v) is 10.3. The molecule has 4 heterocycles. The summed E-state index contributed by atoms with van der Waals surface area (Å²) in [5, 5.41) is 53.2. The molecule has 3 N–H and O–H groups in total. The van der Waals surface area contributed by atoms with Crippen LogP contribution in [0.25, 0.3) is 0 Å². The normalized spacial score (nSPS) is 21.8. The molecule has 36 heavy (non-hydrogen) atoms. The molecule has 190 valence electrons. The van der Waals surface area contributed by atoms with Crippen molar-refractivity contribution in [2.24, 2.45) is 20.5 Å². The molecular weight excluding hydrogens is 480 g/mol. The summed E-state index contributed by atoms with van der Waals surface area (Å²) in [6, 6.07) is 2.84. The highest BCUT2D eigenvalue weighted by atomic mass is 16.5. The van der Waals surface area contributed by atoms with Crippen molar-refractivity contribution in [3.05, 3.63) is 46.8 Å². The predicted molar refractivity (Wildman–Crippen MR) is 116 cm³/mol. The minimum absolute atomic E-state index is 0.0841. The molecule has 17 nitrogen and oxygen atoms in total. The fourth-order valence-electron chi connectivity index (χ4n) is 3.43. The van der Waals surface area contributed by atoms with Crippen molar-refractivity contribution in [2.45, 2.75) is 19.4 Å². The van der Waals surface area contributed by atoms with Crippen LogP contribution in [0.15, 0.2) is 64.8 Å². The van der Waals surface area contributed by atoms with Gasteiger partial charge in [-0.1, -0.05) is 10.3 Å². The highest BCUT2D eigenvalue weighted by Crippen LogP contribution is 2.34. The average Bonchev–Trinajstić information content (AvgIpc) is 3.49. The summed E-state index contributed by atoms with van der Waals surface area (Å²) < 4.78 is 10.2. The third kappa shape index (κ3) is 4.11. The third-order valence-electron chi connectivity index (χ3n) is 5.46. The van der Waals surface area contributed by atoms with Crippen molar-refractivity contribution in [3.8, 4) is 0 Å². The van der Waals surface area contributed by atoms with Crippen molar-refractivity contribution in [1.29, 1.82) is 0 Å². The number of rotatable bonds is 5. The second-order valence-electron chi connectivity index (χ2n) is 7.90. The predicted octanol–water partition coefficient (Wildman–Crippen LogP) is 1.37. The topological polar surface area (TPSA) is 209 Å². The number of amides is 2. The lowest BCUT2D eigenvalue weighted by molar-refractivity contribution is -0.154. The summed E-state index contributed by atoms with van der Waals surface area (Å²) in [5.41, 5.74) is -0.750. The number of aryl methyl sites for hydroxylation is 1. The van der Waals surface area contributed by atoms with Gasteiger partial charge in [0.15, 0.2) is 11.9 Å². The highest BCUT2D eigenvalue weighted by molar-refractivity contribution is 5.94. The zero-order valence-electron chi connectivity index (χ0n) is 19.8. The third-order valence-corrected chi connectivity index (χ3v) is 5.46. The van der Waals surface area contributed by atoms with E-state index in [4.69, 9.17) is 9.05 Å². The smallest absolute Gasteiger partial charge is 0.283 e. The molecule has 0 fully saturated rings. The van der Waals surface area contributed by atoms with E-state index in [9.17, 15) is 24.9 Å². The maximum atomic E-state index is 12.9. The number of hydrogen-bond acceptors (Lipinski definition) is 15. The van der Waals surface area contributed by atoms with Crippen LogP contribution >= 0.6 is 0 Å². The first kappa shape index (κ1) is 24.3. The number of hydrogen-bond donors (Lipinski definition) is 3. The van der Waals surface area contributed by atoms with E-state index in [-0.39, 0.29) is 23.1 Å². The van der Waals surface area contributed by atoms with Gasteiger partial charge in [-0.3, -0.25) is 14.5 Å².